The largest absolute Gasteiger partial charge is 0.369 e. The summed E-state index contributed by atoms with van der Waals surface area (Å²) in [5, 5.41) is 0. The van der Waals surface area contributed by atoms with E-state index in [-0.39, 0.29) is 11.8 Å². The number of primary amides is 1. The molecule has 0 atom stereocenters. The van der Waals surface area contributed by atoms with Crippen LogP contribution in [-0.4, -0.2) is 30.9 Å². The maximum Gasteiger partial charge on any atom is 0.220 e. The maximum atomic E-state index is 11.1. The Morgan fingerprint density at radius 2 is 1.64 bits per heavy atom. The predicted molar refractivity (Wildman–Crippen MR) is 57.9 cm³/mol. The van der Waals surface area contributed by atoms with Gasteiger partial charge < -0.3 is 10.6 Å². The molecule has 0 aromatic carbocycles. The van der Waals surface area contributed by atoms with Crippen LogP contribution in [0.3, 0.4) is 0 Å². The average molecular weight is 198 g/mol. The van der Waals surface area contributed by atoms with Crippen molar-refractivity contribution in [1.29, 1.82) is 0 Å². The zero-order chi connectivity index (χ0) is 10.4. The second-order valence-electron chi connectivity index (χ2n) is 4.39. The Morgan fingerprint density at radius 1 is 1.14 bits per heavy atom. The lowest BCUT2D eigenvalue weighted by Crippen LogP contribution is -2.26. The Bertz CT molecular complexity index is 170. The first-order valence-electron chi connectivity index (χ1n) is 5.68. The van der Waals surface area contributed by atoms with Gasteiger partial charge in [0, 0.05) is 5.92 Å². The molecule has 3 nitrogen and oxygen atoms in total. The third-order valence-corrected chi connectivity index (χ3v) is 3.09. The molecule has 0 aromatic rings. The molecule has 1 aliphatic rings. The molecule has 0 bridgehead atoms. The van der Waals surface area contributed by atoms with Crippen LogP contribution in [0.25, 0.3) is 0 Å². The number of nitrogens with zero attached hydrogens (tertiary/aromatic N) is 1. The number of hydrogen-bond donors (Lipinski definition) is 1. The van der Waals surface area contributed by atoms with Gasteiger partial charge in [-0.05, 0) is 45.8 Å². The fourth-order valence-corrected chi connectivity index (χ4v) is 2.09. The number of amides is 1. The number of hydrogen-bond acceptors (Lipinski definition) is 2. The van der Waals surface area contributed by atoms with Gasteiger partial charge in [-0.15, -0.1) is 0 Å². The Hall–Kier alpha value is -0.570. The van der Waals surface area contributed by atoms with E-state index in [2.05, 4.69) is 11.9 Å². The molecular formula is C11H22N2O. The first-order chi connectivity index (χ1) is 6.70. The Balaban J connectivity index is 2.35. The minimum Gasteiger partial charge on any atom is -0.369 e. The van der Waals surface area contributed by atoms with Crippen LogP contribution in [0.2, 0.25) is 0 Å². The Morgan fingerprint density at radius 3 is 2.07 bits per heavy atom. The van der Waals surface area contributed by atoms with E-state index in [1.54, 1.807) is 0 Å². The van der Waals surface area contributed by atoms with Crippen LogP contribution in [0.4, 0.5) is 0 Å². The van der Waals surface area contributed by atoms with Gasteiger partial charge in [0.25, 0.3) is 0 Å². The predicted octanol–water partition coefficient (Wildman–Crippen LogP) is 1.37. The Labute approximate surface area is 86.6 Å². The molecule has 1 heterocycles. The molecule has 1 fully saturated rings. The molecule has 0 radical (unpaired) electrons. The second-order valence-corrected chi connectivity index (χ2v) is 4.39. The van der Waals surface area contributed by atoms with E-state index < -0.39 is 0 Å². The van der Waals surface area contributed by atoms with E-state index in [4.69, 9.17) is 5.73 Å². The first-order valence-corrected chi connectivity index (χ1v) is 5.68. The van der Waals surface area contributed by atoms with Crippen molar-refractivity contribution in [2.24, 2.45) is 11.7 Å². The summed E-state index contributed by atoms with van der Waals surface area (Å²) in [6.07, 6.45) is 6.64. The van der Waals surface area contributed by atoms with Crippen LogP contribution >= 0.6 is 0 Å². The summed E-state index contributed by atoms with van der Waals surface area (Å²) in [5.74, 6) is 0.0392. The van der Waals surface area contributed by atoms with Gasteiger partial charge in [0.15, 0.2) is 0 Å². The highest BCUT2D eigenvalue weighted by Crippen LogP contribution is 2.17. The molecule has 0 saturated carbocycles. The van der Waals surface area contributed by atoms with Gasteiger partial charge >= 0.3 is 0 Å². The Kier molecular flexibility index (Phi) is 4.94. The summed E-state index contributed by atoms with van der Waals surface area (Å²) < 4.78 is 0. The molecule has 0 unspecified atom stereocenters. The van der Waals surface area contributed by atoms with E-state index in [0.717, 1.165) is 38.8 Å². The summed E-state index contributed by atoms with van der Waals surface area (Å²) in [6, 6.07) is 0. The minimum atomic E-state index is -0.0982. The third-order valence-electron chi connectivity index (χ3n) is 3.09. The fraction of sp³-hybridized carbons (Fsp3) is 0.909. The molecule has 0 spiro atoms. The molecule has 3 heteroatoms. The number of rotatable bonds is 1. The summed E-state index contributed by atoms with van der Waals surface area (Å²) in [5.41, 5.74) is 5.36. The van der Waals surface area contributed by atoms with Crippen molar-refractivity contribution in [3.05, 3.63) is 0 Å². The van der Waals surface area contributed by atoms with Crippen molar-refractivity contribution in [3.8, 4) is 0 Å². The molecule has 14 heavy (non-hydrogen) atoms. The maximum absolute atomic E-state index is 11.1. The van der Waals surface area contributed by atoms with E-state index >= 15 is 0 Å². The van der Waals surface area contributed by atoms with E-state index in [1.165, 1.54) is 12.8 Å². The topological polar surface area (TPSA) is 46.3 Å². The molecule has 82 valence electrons. The van der Waals surface area contributed by atoms with Crippen LogP contribution in [0.1, 0.15) is 38.5 Å². The summed E-state index contributed by atoms with van der Waals surface area (Å²) in [4.78, 5) is 13.5. The van der Waals surface area contributed by atoms with Gasteiger partial charge in [0.2, 0.25) is 5.91 Å². The summed E-state index contributed by atoms with van der Waals surface area (Å²) in [6.45, 7) is 2.32. The second kappa shape index (κ2) is 6.02. The van der Waals surface area contributed by atoms with E-state index in [1.807, 2.05) is 0 Å². The van der Waals surface area contributed by atoms with Crippen LogP contribution in [0, 0.1) is 5.92 Å². The lowest BCUT2D eigenvalue weighted by molar-refractivity contribution is -0.122. The first kappa shape index (κ1) is 11.5. The fourth-order valence-electron chi connectivity index (χ4n) is 2.09. The van der Waals surface area contributed by atoms with Crippen LogP contribution < -0.4 is 5.73 Å². The highest BCUT2D eigenvalue weighted by Gasteiger charge is 2.15. The molecule has 1 amide bonds. The molecule has 0 aliphatic carbocycles. The van der Waals surface area contributed by atoms with Gasteiger partial charge in [-0.25, -0.2) is 0 Å². The van der Waals surface area contributed by atoms with Gasteiger partial charge in [-0.2, -0.15) is 0 Å². The monoisotopic (exact) mass is 198 g/mol. The average Bonchev–Trinajstić information content (AvgIpc) is 2.15. The normalized spacial score (nSPS) is 23.2. The molecule has 1 saturated heterocycles. The quantitative estimate of drug-likeness (QED) is 0.692. The van der Waals surface area contributed by atoms with Crippen molar-refractivity contribution >= 4 is 5.91 Å². The van der Waals surface area contributed by atoms with Crippen LogP contribution in [0.15, 0.2) is 0 Å². The molecule has 0 aromatic heterocycles. The minimum absolute atomic E-state index is 0.0982. The molecule has 1 aliphatic heterocycles. The lowest BCUT2D eigenvalue weighted by atomic mass is 9.94. The highest BCUT2D eigenvalue weighted by molar-refractivity contribution is 5.76. The van der Waals surface area contributed by atoms with E-state index in [0.29, 0.717) is 0 Å². The standard InChI is InChI=1S/C11H22N2O/c1-13-8-4-2-6-10(11(12)14)7-3-5-9-13/h10H,2-9H2,1H3,(H2,12,14). The number of carbonyl (C=O) groups is 1. The summed E-state index contributed by atoms with van der Waals surface area (Å²) in [7, 11) is 2.17. The van der Waals surface area contributed by atoms with Crippen molar-refractivity contribution in [2.45, 2.75) is 38.5 Å². The van der Waals surface area contributed by atoms with E-state index in [9.17, 15) is 4.79 Å². The van der Waals surface area contributed by atoms with Gasteiger partial charge in [-0.1, -0.05) is 12.8 Å². The molecular weight excluding hydrogens is 176 g/mol. The van der Waals surface area contributed by atoms with Gasteiger partial charge in [0.05, 0.1) is 0 Å². The lowest BCUT2D eigenvalue weighted by Gasteiger charge is -2.20. The zero-order valence-corrected chi connectivity index (χ0v) is 9.17. The van der Waals surface area contributed by atoms with Crippen molar-refractivity contribution < 1.29 is 4.79 Å². The van der Waals surface area contributed by atoms with Crippen molar-refractivity contribution in [1.82, 2.24) is 4.90 Å². The molecule has 2 N–H and O–H groups in total. The van der Waals surface area contributed by atoms with Crippen molar-refractivity contribution in [2.75, 3.05) is 20.1 Å². The number of carbonyl (C=O) groups excluding carboxylic acids is 1. The highest BCUT2D eigenvalue weighted by atomic mass is 16.1. The van der Waals surface area contributed by atoms with Crippen LogP contribution in [-0.2, 0) is 4.79 Å². The summed E-state index contributed by atoms with van der Waals surface area (Å²) >= 11 is 0. The molecule has 1 rings (SSSR count). The SMILES string of the molecule is CN1CCCCC(C(N)=O)CCCC1. The van der Waals surface area contributed by atoms with Gasteiger partial charge in [-0.3, -0.25) is 4.79 Å². The number of nitrogens with two attached hydrogens (primary N) is 1. The van der Waals surface area contributed by atoms with Crippen molar-refractivity contribution in [3.63, 3.8) is 0 Å². The van der Waals surface area contributed by atoms with Crippen LogP contribution in [0.5, 0.6) is 0 Å². The van der Waals surface area contributed by atoms with Gasteiger partial charge in [0.1, 0.15) is 0 Å². The smallest absolute Gasteiger partial charge is 0.220 e. The zero-order valence-electron chi connectivity index (χ0n) is 9.17. The third kappa shape index (κ3) is 4.09.